The molecule has 0 fully saturated rings. The van der Waals surface area contributed by atoms with Crippen molar-refractivity contribution in [1.82, 2.24) is 4.98 Å². The maximum absolute atomic E-state index is 3.89. The van der Waals surface area contributed by atoms with Gasteiger partial charge in [0, 0.05) is 0 Å². The SMILES string of the molecule is [Zn+][I].[c-]1nccc2ccccc12. The molecule has 2 rings (SSSR count). The number of pyridine rings is 1. The number of nitrogens with zero attached hydrogens (tertiary/aromatic N) is 1. The quantitative estimate of drug-likeness (QED) is 0.413. The van der Waals surface area contributed by atoms with E-state index in [4.69, 9.17) is 0 Å². The molecule has 0 amide bonds. The van der Waals surface area contributed by atoms with Gasteiger partial charge >= 0.3 is 34.5 Å². The van der Waals surface area contributed by atoms with Gasteiger partial charge in [-0.3, -0.25) is 0 Å². The summed E-state index contributed by atoms with van der Waals surface area (Å²) in [5.41, 5.74) is 0. The maximum Gasteiger partial charge on any atom is -0.0396 e. The van der Waals surface area contributed by atoms with E-state index in [0.717, 1.165) is 5.39 Å². The fourth-order valence-electron chi connectivity index (χ4n) is 0.969. The first-order valence-electron chi connectivity index (χ1n) is 3.45. The Hall–Kier alpha value is -0.0166. The van der Waals surface area contributed by atoms with Crippen molar-refractivity contribution in [3.63, 3.8) is 0 Å². The van der Waals surface area contributed by atoms with Crippen LogP contribution in [-0.2, 0) is 14.8 Å². The second kappa shape index (κ2) is 5.60. The molecule has 1 heterocycles. The molecule has 12 heavy (non-hydrogen) atoms. The minimum absolute atomic E-state index is 1.07. The molecule has 2 aromatic rings. The van der Waals surface area contributed by atoms with E-state index < -0.39 is 0 Å². The van der Waals surface area contributed by atoms with Crippen molar-refractivity contribution in [2.75, 3.05) is 0 Å². The largest absolute Gasteiger partial charge is 0.360 e. The normalized spacial score (nSPS) is 8.92. The van der Waals surface area contributed by atoms with Crippen molar-refractivity contribution in [1.29, 1.82) is 0 Å². The molecule has 0 N–H and O–H groups in total. The third-order valence-electron chi connectivity index (χ3n) is 1.47. The Kier molecular flexibility index (Phi) is 4.70. The molecule has 0 radical (unpaired) electrons. The van der Waals surface area contributed by atoms with Crippen molar-refractivity contribution in [2.45, 2.75) is 0 Å². The molecule has 0 aliphatic rings. The smallest absolute Gasteiger partial charge is 0.0396 e. The van der Waals surface area contributed by atoms with Gasteiger partial charge in [0.2, 0.25) is 0 Å². The van der Waals surface area contributed by atoms with Crippen molar-refractivity contribution < 1.29 is 14.8 Å². The molecule has 0 spiro atoms. The molecule has 3 heteroatoms. The summed E-state index contributed by atoms with van der Waals surface area (Å²) in [7, 11) is 0. The third-order valence-corrected chi connectivity index (χ3v) is 1.47. The summed E-state index contributed by atoms with van der Waals surface area (Å²) in [5.74, 6) is 0. The predicted octanol–water partition coefficient (Wildman–Crippen LogP) is 2.92. The molecule has 0 atom stereocenters. The molecule has 0 aliphatic carbocycles. The van der Waals surface area contributed by atoms with Crippen LogP contribution in [0, 0.1) is 6.20 Å². The summed E-state index contributed by atoms with van der Waals surface area (Å²) in [5, 5.41) is 2.27. The monoisotopic (exact) mass is 319 g/mol. The van der Waals surface area contributed by atoms with E-state index in [1.54, 1.807) is 6.20 Å². The maximum atomic E-state index is 3.89. The molecule has 0 unspecified atom stereocenters. The zero-order valence-electron chi connectivity index (χ0n) is 6.50. The number of rotatable bonds is 0. The van der Waals surface area contributed by atoms with Crippen LogP contribution in [-0.4, -0.2) is 4.98 Å². The number of benzene rings is 1. The fourth-order valence-corrected chi connectivity index (χ4v) is 0.969. The Labute approximate surface area is 92.4 Å². The van der Waals surface area contributed by atoms with Gasteiger partial charge in [-0.05, 0) is 6.20 Å². The molecule has 0 aliphatic heterocycles. The van der Waals surface area contributed by atoms with Crippen molar-refractivity contribution >= 4 is 30.5 Å². The van der Waals surface area contributed by atoms with Crippen LogP contribution in [0.15, 0.2) is 36.5 Å². The topological polar surface area (TPSA) is 12.9 Å². The number of hydrogen-bond donors (Lipinski definition) is 0. The summed E-state index contributed by atoms with van der Waals surface area (Å²) in [4.78, 5) is 3.89. The van der Waals surface area contributed by atoms with Crippen LogP contribution in [0.2, 0.25) is 0 Å². The fraction of sp³-hybridized carbons (Fsp3) is 0. The number of aromatic nitrogens is 1. The van der Waals surface area contributed by atoms with E-state index in [1.807, 2.05) is 30.3 Å². The van der Waals surface area contributed by atoms with Gasteiger partial charge in [-0.1, -0.05) is 18.3 Å². The second-order valence-electron chi connectivity index (χ2n) is 2.14. The molecule has 1 aromatic heterocycles. The van der Waals surface area contributed by atoms with Gasteiger partial charge in [0.1, 0.15) is 0 Å². The minimum Gasteiger partial charge on any atom is -0.360 e. The first kappa shape index (κ1) is 10.1. The van der Waals surface area contributed by atoms with Crippen LogP contribution in [0.3, 0.4) is 0 Å². The van der Waals surface area contributed by atoms with Crippen LogP contribution >= 0.6 is 19.8 Å². The number of fused-ring (bicyclic) bond motifs is 1. The van der Waals surface area contributed by atoms with E-state index >= 15 is 0 Å². The number of halogens is 1. The zero-order valence-corrected chi connectivity index (χ0v) is 11.6. The van der Waals surface area contributed by atoms with Gasteiger partial charge in [-0.2, -0.15) is 0 Å². The standard InChI is InChI=1S/C9H6N.HI.Zn/c1-2-4-9-7-10-6-5-8(9)3-1;;/h1-6H;1H;/q-1;;+2/p-1. The molecule has 1 nitrogen and oxygen atoms in total. The van der Waals surface area contributed by atoms with E-state index in [9.17, 15) is 0 Å². The van der Waals surface area contributed by atoms with Crippen molar-refractivity contribution in [3.8, 4) is 0 Å². The molecular weight excluding hydrogens is 314 g/mol. The molecule has 0 saturated heterocycles. The van der Waals surface area contributed by atoms with Gasteiger partial charge < -0.3 is 4.98 Å². The van der Waals surface area contributed by atoms with Crippen LogP contribution in [0.5, 0.6) is 0 Å². The van der Waals surface area contributed by atoms with Crippen molar-refractivity contribution in [2.24, 2.45) is 0 Å². The predicted molar refractivity (Wildman–Crippen MR) is 54.6 cm³/mol. The average Bonchev–Trinajstić information content (AvgIpc) is 2.21. The average molecular weight is 320 g/mol. The Morgan fingerprint density at radius 1 is 1.17 bits per heavy atom. The van der Waals surface area contributed by atoms with E-state index in [0.29, 0.717) is 0 Å². The van der Waals surface area contributed by atoms with Gasteiger partial charge in [0.05, 0.1) is 0 Å². The van der Waals surface area contributed by atoms with Gasteiger partial charge in [-0.15, -0.1) is 29.0 Å². The van der Waals surface area contributed by atoms with Gasteiger partial charge in [0.25, 0.3) is 0 Å². The Morgan fingerprint density at radius 3 is 2.67 bits per heavy atom. The Bertz CT molecular complexity index is 286. The van der Waals surface area contributed by atoms with Crippen LogP contribution in [0.1, 0.15) is 0 Å². The summed E-state index contributed by atoms with van der Waals surface area (Å²) in [6.45, 7) is 0. The summed E-state index contributed by atoms with van der Waals surface area (Å²) in [6, 6.07) is 10.0. The van der Waals surface area contributed by atoms with E-state index in [1.165, 1.54) is 20.2 Å². The van der Waals surface area contributed by atoms with Crippen LogP contribution in [0.25, 0.3) is 10.8 Å². The minimum atomic E-state index is 1.07. The molecule has 0 bridgehead atoms. The molecule has 0 saturated carbocycles. The third kappa shape index (κ3) is 2.49. The van der Waals surface area contributed by atoms with Gasteiger partial charge in [-0.25, -0.2) is 0 Å². The summed E-state index contributed by atoms with van der Waals surface area (Å²) >= 11 is 3.62. The Morgan fingerprint density at radius 2 is 1.92 bits per heavy atom. The second-order valence-corrected chi connectivity index (χ2v) is 2.14. The first-order chi connectivity index (χ1) is 5.97. The molecule has 56 valence electrons. The van der Waals surface area contributed by atoms with Crippen LogP contribution in [0.4, 0.5) is 0 Å². The molecular formula is C9H6INZn. The van der Waals surface area contributed by atoms with Crippen LogP contribution < -0.4 is 0 Å². The van der Waals surface area contributed by atoms with Gasteiger partial charge in [0.15, 0.2) is 0 Å². The van der Waals surface area contributed by atoms with E-state index in [-0.39, 0.29) is 0 Å². The summed E-state index contributed by atoms with van der Waals surface area (Å²) in [6.07, 6.45) is 4.65. The first-order valence-corrected chi connectivity index (χ1v) is 12.5. The zero-order chi connectivity index (χ0) is 8.81. The van der Waals surface area contributed by atoms with Crippen molar-refractivity contribution in [3.05, 3.63) is 42.7 Å². The molecule has 1 aromatic carbocycles. The van der Waals surface area contributed by atoms with E-state index in [2.05, 4.69) is 30.9 Å². The number of hydrogen-bond acceptors (Lipinski definition) is 1. The summed E-state index contributed by atoms with van der Waals surface area (Å²) < 4.78 is 0. The Balaban J connectivity index is 0.000000336.